The summed E-state index contributed by atoms with van der Waals surface area (Å²) in [6.07, 6.45) is -2.50. The van der Waals surface area contributed by atoms with Gasteiger partial charge in [0.05, 0.1) is 7.11 Å². The second-order valence-electron chi connectivity index (χ2n) is 6.41. The lowest BCUT2D eigenvalue weighted by Gasteiger charge is -2.37. The minimum absolute atomic E-state index is 0.114. The number of ether oxygens (including phenoxy) is 1. The molecule has 0 radical (unpaired) electrons. The van der Waals surface area contributed by atoms with Gasteiger partial charge >= 0.3 is 12.2 Å². The number of hydrogen-bond acceptors (Lipinski definition) is 2. The quantitative estimate of drug-likeness (QED) is 0.835. The number of hydrogen-bond donors (Lipinski definition) is 0. The Morgan fingerprint density at radius 3 is 2.65 bits per heavy atom. The van der Waals surface area contributed by atoms with Crippen molar-refractivity contribution in [3.05, 3.63) is 29.3 Å². The number of halogens is 3. The van der Waals surface area contributed by atoms with Crippen molar-refractivity contribution in [1.82, 2.24) is 9.80 Å². The molecule has 1 spiro atoms. The molecule has 4 nitrogen and oxygen atoms in total. The highest BCUT2D eigenvalue weighted by Crippen LogP contribution is 2.53. The van der Waals surface area contributed by atoms with Crippen LogP contribution in [0.1, 0.15) is 24.0 Å². The van der Waals surface area contributed by atoms with Gasteiger partial charge in [0.15, 0.2) is 0 Å². The molecule has 0 atom stereocenters. The van der Waals surface area contributed by atoms with E-state index in [1.54, 1.807) is 7.11 Å². The van der Waals surface area contributed by atoms with Crippen LogP contribution in [0.3, 0.4) is 0 Å². The van der Waals surface area contributed by atoms with Gasteiger partial charge in [-0.15, -0.1) is 0 Å². The molecule has 2 amide bonds. The molecule has 1 aromatic carbocycles. The van der Waals surface area contributed by atoms with E-state index >= 15 is 0 Å². The molecular formula is C16H19F3N2O2. The van der Waals surface area contributed by atoms with Crippen LogP contribution in [0.2, 0.25) is 0 Å². The molecule has 1 heterocycles. The second kappa shape index (κ2) is 5.32. The van der Waals surface area contributed by atoms with Crippen LogP contribution in [0.25, 0.3) is 0 Å². The van der Waals surface area contributed by atoms with Crippen LogP contribution >= 0.6 is 0 Å². The highest BCUT2D eigenvalue weighted by molar-refractivity contribution is 5.75. The Hall–Kier alpha value is -1.92. The van der Waals surface area contributed by atoms with Gasteiger partial charge in [0, 0.05) is 25.6 Å². The van der Waals surface area contributed by atoms with Crippen LogP contribution in [-0.2, 0) is 12.0 Å². The molecule has 1 aliphatic carbocycles. The fraction of sp³-hybridized carbons (Fsp3) is 0.562. The molecule has 0 N–H and O–H groups in total. The lowest BCUT2D eigenvalue weighted by molar-refractivity contribution is -0.138. The van der Waals surface area contributed by atoms with Crippen molar-refractivity contribution >= 4 is 6.03 Å². The number of rotatable bonds is 2. The maximum atomic E-state index is 12.5. The molecule has 0 bridgehead atoms. The molecule has 3 rings (SSSR count). The number of carbonyl (C=O) groups excluding carboxylic acids is 1. The topological polar surface area (TPSA) is 32.8 Å². The minimum atomic E-state index is -4.39. The van der Waals surface area contributed by atoms with E-state index in [1.165, 1.54) is 17.5 Å². The Balaban J connectivity index is 1.81. The van der Waals surface area contributed by atoms with Crippen molar-refractivity contribution < 1.29 is 22.7 Å². The molecule has 2 aliphatic rings. The highest BCUT2D eigenvalue weighted by Gasteiger charge is 2.50. The van der Waals surface area contributed by atoms with E-state index in [2.05, 4.69) is 0 Å². The summed E-state index contributed by atoms with van der Waals surface area (Å²) in [6, 6.07) is 5.14. The molecule has 7 heteroatoms. The first-order valence-corrected chi connectivity index (χ1v) is 7.48. The Labute approximate surface area is 132 Å². The third kappa shape index (κ3) is 3.09. The normalized spacial score (nSPS) is 18.6. The minimum Gasteiger partial charge on any atom is -0.497 e. The highest BCUT2D eigenvalue weighted by atomic mass is 19.4. The van der Waals surface area contributed by atoms with E-state index in [0.717, 1.165) is 29.1 Å². The van der Waals surface area contributed by atoms with Gasteiger partial charge in [-0.3, -0.25) is 0 Å². The van der Waals surface area contributed by atoms with Gasteiger partial charge in [-0.25, -0.2) is 4.79 Å². The molecule has 1 fully saturated rings. The van der Waals surface area contributed by atoms with Gasteiger partial charge in [0.2, 0.25) is 0 Å². The molecule has 0 saturated heterocycles. The first kappa shape index (κ1) is 16.0. The molecule has 1 aliphatic heterocycles. The van der Waals surface area contributed by atoms with Crippen molar-refractivity contribution in [2.24, 2.45) is 0 Å². The summed E-state index contributed by atoms with van der Waals surface area (Å²) in [4.78, 5) is 14.6. The number of benzene rings is 1. The number of amides is 2. The number of alkyl halides is 3. The van der Waals surface area contributed by atoms with E-state index in [9.17, 15) is 18.0 Å². The van der Waals surface area contributed by atoms with Gasteiger partial charge in [-0.2, -0.15) is 13.2 Å². The van der Waals surface area contributed by atoms with Crippen molar-refractivity contribution in [1.29, 1.82) is 0 Å². The number of urea groups is 1. The Bertz CT molecular complexity index is 626. The monoisotopic (exact) mass is 328 g/mol. The van der Waals surface area contributed by atoms with Gasteiger partial charge in [0.1, 0.15) is 12.3 Å². The van der Waals surface area contributed by atoms with Crippen LogP contribution in [-0.4, -0.2) is 49.3 Å². The lowest BCUT2D eigenvalue weighted by Crippen LogP contribution is -2.49. The van der Waals surface area contributed by atoms with Crippen LogP contribution in [0.5, 0.6) is 5.75 Å². The fourth-order valence-corrected chi connectivity index (χ4v) is 3.32. The summed E-state index contributed by atoms with van der Waals surface area (Å²) in [5, 5.41) is 0. The molecule has 0 aromatic heterocycles. The van der Waals surface area contributed by atoms with Gasteiger partial charge < -0.3 is 14.5 Å². The predicted molar refractivity (Wildman–Crippen MR) is 78.4 cm³/mol. The zero-order valence-electron chi connectivity index (χ0n) is 13.1. The first-order chi connectivity index (χ1) is 10.7. The summed E-state index contributed by atoms with van der Waals surface area (Å²) in [6.45, 7) is -0.429. The molecular weight excluding hydrogens is 309 g/mol. The zero-order chi connectivity index (χ0) is 16.8. The smallest absolute Gasteiger partial charge is 0.406 e. The van der Waals surface area contributed by atoms with Crippen LogP contribution in [0.4, 0.5) is 18.0 Å². The molecule has 1 aromatic rings. The summed E-state index contributed by atoms with van der Waals surface area (Å²) < 4.78 is 42.7. The number of carbonyl (C=O) groups is 1. The van der Waals surface area contributed by atoms with Gasteiger partial charge in [0.25, 0.3) is 0 Å². The largest absolute Gasteiger partial charge is 0.497 e. The average Bonchev–Trinajstić information content (AvgIpc) is 3.24. The molecule has 0 unspecified atom stereocenters. The zero-order valence-corrected chi connectivity index (χ0v) is 13.1. The predicted octanol–water partition coefficient (Wildman–Crippen LogP) is 3.16. The summed E-state index contributed by atoms with van der Waals surface area (Å²) in [5.74, 6) is 0.768. The van der Waals surface area contributed by atoms with Crippen molar-refractivity contribution in [3.8, 4) is 5.75 Å². The van der Waals surface area contributed by atoms with Gasteiger partial charge in [-0.05, 0) is 36.1 Å². The van der Waals surface area contributed by atoms with Crippen molar-refractivity contribution in [2.75, 3.05) is 27.2 Å². The Morgan fingerprint density at radius 2 is 2.09 bits per heavy atom. The van der Waals surface area contributed by atoms with E-state index in [0.29, 0.717) is 13.1 Å². The first-order valence-electron chi connectivity index (χ1n) is 7.48. The third-order valence-electron chi connectivity index (χ3n) is 4.61. The van der Waals surface area contributed by atoms with Crippen LogP contribution in [0.15, 0.2) is 18.2 Å². The number of fused-ring (bicyclic) bond motifs is 2. The summed E-state index contributed by atoms with van der Waals surface area (Å²) >= 11 is 0. The lowest BCUT2D eigenvalue weighted by atomic mass is 9.87. The molecule has 23 heavy (non-hydrogen) atoms. The Morgan fingerprint density at radius 1 is 1.39 bits per heavy atom. The van der Waals surface area contributed by atoms with Crippen LogP contribution in [0, 0.1) is 0 Å². The number of nitrogens with zero attached hydrogens (tertiary/aromatic N) is 2. The second-order valence-corrected chi connectivity index (χ2v) is 6.41. The number of methoxy groups -OCH3 is 1. The van der Waals surface area contributed by atoms with Crippen molar-refractivity contribution in [2.45, 2.75) is 31.0 Å². The van der Waals surface area contributed by atoms with Crippen molar-refractivity contribution in [3.63, 3.8) is 0 Å². The Kier molecular flexibility index (Phi) is 3.69. The molecule has 126 valence electrons. The van der Waals surface area contributed by atoms with E-state index in [-0.39, 0.29) is 5.41 Å². The van der Waals surface area contributed by atoms with E-state index in [4.69, 9.17) is 4.74 Å². The van der Waals surface area contributed by atoms with Crippen LogP contribution < -0.4 is 4.74 Å². The maximum Gasteiger partial charge on any atom is 0.406 e. The fourth-order valence-electron chi connectivity index (χ4n) is 3.32. The SMILES string of the molecule is COc1ccc2c(c1)C1(CC1)CN(C(=O)N(C)CC(F)(F)F)C2. The third-order valence-corrected chi connectivity index (χ3v) is 4.61. The van der Waals surface area contributed by atoms with E-state index in [1.807, 2.05) is 18.2 Å². The van der Waals surface area contributed by atoms with Gasteiger partial charge in [-0.1, -0.05) is 6.07 Å². The maximum absolute atomic E-state index is 12.5. The summed E-state index contributed by atoms with van der Waals surface area (Å²) in [7, 11) is 2.80. The standard InChI is InChI=1S/C16H19F3N2O2/c1-20(10-16(17,18)19)14(22)21-8-11-3-4-12(23-2)7-13(11)15(9-21)5-6-15/h3-4,7H,5-6,8-10H2,1-2H3. The average molecular weight is 328 g/mol. The van der Waals surface area contributed by atoms with E-state index < -0.39 is 18.8 Å². The molecule has 1 saturated carbocycles. The summed E-state index contributed by atoms with van der Waals surface area (Å²) in [5.41, 5.74) is 2.04.